The summed E-state index contributed by atoms with van der Waals surface area (Å²) in [5, 5.41) is 0.481. The molecule has 0 bridgehead atoms. The summed E-state index contributed by atoms with van der Waals surface area (Å²) in [5.74, 6) is -1.83. The number of hydrogen-bond acceptors (Lipinski definition) is 5. The summed E-state index contributed by atoms with van der Waals surface area (Å²) in [4.78, 5) is 29.1. The normalized spacial score (nSPS) is 14.3. The van der Waals surface area contributed by atoms with E-state index in [4.69, 9.17) is 0 Å². The molecule has 4 rings (SSSR count). The first-order chi connectivity index (χ1) is 11.9. The van der Waals surface area contributed by atoms with Gasteiger partial charge in [-0.05, 0) is 12.1 Å². The SMILES string of the molecule is O=C1c2ccccc2C(=O)C1c1ccc2cccc(S(=O)(=O)O)c2n1.[Na]. The van der Waals surface area contributed by atoms with Gasteiger partial charge in [0, 0.05) is 46.1 Å². The van der Waals surface area contributed by atoms with Crippen molar-refractivity contribution in [3.63, 3.8) is 0 Å². The van der Waals surface area contributed by atoms with E-state index in [0.717, 1.165) is 0 Å². The van der Waals surface area contributed by atoms with Gasteiger partial charge in [0.1, 0.15) is 10.8 Å². The molecule has 1 N–H and O–H groups in total. The molecule has 0 fully saturated rings. The molecule has 0 saturated carbocycles. The second-order valence-corrected chi connectivity index (χ2v) is 7.14. The summed E-state index contributed by atoms with van der Waals surface area (Å²) in [7, 11) is -4.48. The van der Waals surface area contributed by atoms with Crippen LogP contribution in [-0.2, 0) is 10.1 Å². The average Bonchev–Trinajstić information content (AvgIpc) is 2.84. The zero-order valence-electron chi connectivity index (χ0n) is 13.7. The molecule has 0 aliphatic heterocycles. The summed E-state index contributed by atoms with van der Waals surface area (Å²) in [5.41, 5.74) is 0.860. The van der Waals surface area contributed by atoms with Gasteiger partial charge in [0.2, 0.25) is 0 Å². The topological polar surface area (TPSA) is 101 Å². The van der Waals surface area contributed by atoms with Crippen molar-refractivity contribution in [3.05, 3.63) is 71.4 Å². The van der Waals surface area contributed by atoms with Crippen LogP contribution in [0.1, 0.15) is 32.3 Å². The molecule has 125 valence electrons. The smallest absolute Gasteiger partial charge is 0.293 e. The van der Waals surface area contributed by atoms with Crippen molar-refractivity contribution >= 4 is 62.1 Å². The molecule has 1 aliphatic rings. The molecule has 1 aliphatic carbocycles. The fourth-order valence-electron chi connectivity index (χ4n) is 3.12. The Labute approximate surface area is 171 Å². The Kier molecular flexibility index (Phi) is 4.85. The number of fused-ring (bicyclic) bond motifs is 2. The fraction of sp³-hybridized carbons (Fsp3) is 0.0556. The molecular formula is C18H11NNaO5S. The molecule has 1 aromatic heterocycles. The standard InChI is InChI=1S/C18H11NO5S.Na/c20-17-11-5-1-2-6-12(11)18(21)15(17)13-9-8-10-4-3-7-14(16(10)19-13)25(22,23)24;/h1-9,15H,(H,22,23,24);. The number of aromatic nitrogens is 1. The minimum absolute atomic E-state index is 0. The van der Waals surface area contributed by atoms with Crippen LogP contribution in [0.3, 0.4) is 0 Å². The molecule has 2 aromatic carbocycles. The maximum atomic E-state index is 12.6. The van der Waals surface area contributed by atoms with Crippen LogP contribution < -0.4 is 0 Å². The Bertz CT molecular complexity index is 1140. The van der Waals surface area contributed by atoms with Gasteiger partial charge < -0.3 is 0 Å². The van der Waals surface area contributed by atoms with Crippen LogP contribution in [0.5, 0.6) is 0 Å². The van der Waals surface area contributed by atoms with E-state index in [1.54, 1.807) is 36.4 Å². The van der Waals surface area contributed by atoms with Crippen LogP contribution in [0.15, 0.2) is 59.5 Å². The third kappa shape index (κ3) is 2.91. The summed E-state index contributed by atoms with van der Waals surface area (Å²) in [6.07, 6.45) is 0. The Balaban J connectivity index is 0.00000196. The molecule has 1 heterocycles. The number of carbonyl (C=O) groups excluding carboxylic acids is 2. The van der Waals surface area contributed by atoms with Gasteiger partial charge in [-0.2, -0.15) is 8.42 Å². The molecule has 0 unspecified atom stereocenters. The van der Waals surface area contributed by atoms with Crippen molar-refractivity contribution in [3.8, 4) is 0 Å². The molecule has 0 atom stereocenters. The predicted octanol–water partition coefficient (Wildman–Crippen LogP) is 2.26. The van der Waals surface area contributed by atoms with E-state index < -0.39 is 16.0 Å². The molecule has 0 spiro atoms. The van der Waals surface area contributed by atoms with E-state index in [1.165, 1.54) is 18.2 Å². The van der Waals surface area contributed by atoms with Crippen molar-refractivity contribution in [2.45, 2.75) is 10.8 Å². The van der Waals surface area contributed by atoms with E-state index in [9.17, 15) is 22.6 Å². The largest absolute Gasteiger partial charge is 0.296 e. The number of Topliss-reactive ketones (excluding diaryl/α,β-unsaturated/α-hetero) is 2. The van der Waals surface area contributed by atoms with Crippen LogP contribution in [-0.4, -0.2) is 59.1 Å². The van der Waals surface area contributed by atoms with Crippen LogP contribution in [0, 0.1) is 0 Å². The zero-order valence-corrected chi connectivity index (χ0v) is 16.5. The molecule has 26 heavy (non-hydrogen) atoms. The molecule has 6 nitrogen and oxygen atoms in total. The average molecular weight is 376 g/mol. The van der Waals surface area contributed by atoms with Crippen molar-refractivity contribution in [2.24, 2.45) is 0 Å². The molecule has 0 saturated heterocycles. The Hall–Kier alpha value is -1.90. The number of benzene rings is 2. The van der Waals surface area contributed by atoms with Crippen LogP contribution in [0.4, 0.5) is 0 Å². The number of para-hydroxylation sites is 1. The van der Waals surface area contributed by atoms with Gasteiger partial charge >= 0.3 is 0 Å². The van der Waals surface area contributed by atoms with Gasteiger partial charge in [-0.1, -0.05) is 42.5 Å². The second kappa shape index (κ2) is 6.68. The molecule has 3 aromatic rings. The first-order valence-corrected chi connectivity index (χ1v) is 8.86. The van der Waals surface area contributed by atoms with Gasteiger partial charge in [0.05, 0.1) is 11.2 Å². The summed E-state index contributed by atoms with van der Waals surface area (Å²) in [6, 6.07) is 14.0. The quantitative estimate of drug-likeness (QED) is 0.418. The second-order valence-electron chi connectivity index (χ2n) is 5.75. The van der Waals surface area contributed by atoms with E-state index >= 15 is 0 Å². The van der Waals surface area contributed by atoms with Crippen LogP contribution in [0.2, 0.25) is 0 Å². The molecule has 8 heteroatoms. The Morgan fingerprint density at radius 1 is 0.846 bits per heavy atom. The maximum absolute atomic E-state index is 12.6. The van der Waals surface area contributed by atoms with Crippen molar-refractivity contribution in [1.29, 1.82) is 0 Å². The van der Waals surface area contributed by atoms with Gasteiger partial charge in [-0.3, -0.25) is 19.1 Å². The number of rotatable bonds is 2. The summed E-state index contributed by atoms with van der Waals surface area (Å²) in [6.45, 7) is 0. The van der Waals surface area contributed by atoms with Crippen molar-refractivity contribution in [1.82, 2.24) is 4.98 Å². The minimum atomic E-state index is -4.48. The van der Waals surface area contributed by atoms with Crippen molar-refractivity contribution < 1.29 is 22.6 Å². The first kappa shape index (κ1) is 18.9. The van der Waals surface area contributed by atoms with E-state index in [-0.39, 0.29) is 57.2 Å². The van der Waals surface area contributed by atoms with E-state index in [0.29, 0.717) is 16.5 Å². The third-order valence-corrected chi connectivity index (χ3v) is 5.15. The summed E-state index contributed by atoms with van der Waals surface area (Å²) >= 11 is 0. The minimum Gasteiger partial charge on any atom is -0.293 e. The summed E-state index contributed by atoms with van der Waals surface area (Å²) < 4.78 is 32.5. The van der Waals surface area contributed by atoms with Gasteiger partial charge in [0.25, 0.3) is 10.1 Å². The molecule has 1 radical (unpaired) electrons. The van der Waals surface area contributed by atoms with Crippen LogP contribution >= 0.6 is 0 Å². The van der Waals surface area contributed by atoms with E-state index in [2.05, 4.69) is 4.98 Å². The van der Waals surface area contributed by atoms with Gasteiger partial charge in [0.15, 0.2) is 11.6 Å². The monoisotopic (exact) mass is 376 g/mol. The molecule has 0 amide bonds. The van der Waals surface area contributed by atoms with Gasteiger partial charge in [-0.15, -0.1) is 0 Å². The third-order valence-electron chi connectivity index (χ3n) is 4.26. The Morgan fingerprint density at radius 2 is 1.46 bits per heavy atom. The number of hydrogen-bond donors (Lipinski definition) is 1. The Morgan fingerprint density at radius 3 is 2.04 bits per heavy atom. The maximum Gasteiger partial charge on any atom is 0.296 e. The van der Waals surface area contributed by atoms with E-state index in [1.807, 2.05) is 0 Å². The van der Waals surface area contributed by atoms with Crippen LogP contribution in [0.25, 0.3) is 10.9 Å². The number of nitrogens with zero attached hydrogens (tertiary/aromatic N) is 1. The first-order valence-electron chi connectivity index (χ1n) is 7.42. The zero-order chi connectivity index (χ0) is 17.8. The molecular weight excluding hydrogens is 365 g/mol. The van der Waals surface area contributed by atoms with Crippen molar-refractivity contribution in [2.75, 3.05) is 0 Å². The van der Waals surface area contributed by atoms with Gasteiger partial charge in [-0.25, -0.2) is 0 Å². The number of ketones is 2. The fourth-order valence-corrected chi connectivity index (χ4v) is 3.77. The number of carbonyl (C=O) groups is 2. The predicted molar refractivity (Wildman–Crippen MR) is 95.2 cm³/mol. The number of pyridine rings is 1.